The lowest BCUT2D eigenvalue weighted by Crippen LogP contribution is -2.50. The van der Waals surface area contributed by atoms with E-state index in [0.29, 0.717) is 12.0 Å². The molecule has 2 atom stereocenters. The molecule has 0 radical (unpaired) electrons. The molecule has 0 saturated carbocycles. The van der Waals surface area contributed by atoms with E-state index in [4.69, 9.17) is 4.99 Å². The molecule has 2 rings (SSSR count). The number of halogens is 1. The quantitative estimate of drug-likeness (QED) is 0.332. The maximum absolute atomic E-state index is 4.82. The monoisotopic (exact) mass is 493 g/mol. The highest BCUT2D eigenvalue weighted by Gasteiger charge is 2.19. The largest absolute Gasteiger partial charge is 0.357 e. The van der Waals surface area contributed by atoms with Crippen LogP contribution in [0.15, 0.2) is 21.8 Å². The maximum atomic E-state index is 4.82. The van der Waals surface area contributed by atoms with Crippen molar-refractivity contribution in [2.24, 2.45) is 4.99 Å². The van der Waals surface area contributed by atoms with Crippen LogP contribution >= 0.6 is 35.3 Å². The van der Waals surface area contributed by atoms with E-state index in [9.17, 15) is 0 Å². The second-order valence-corrected chi connectivity index (χ2v) is 7.66. The van der Waals surface area contributed by atoms with Gasteiger partial charge < -0.3 is 15.5 Å². The molecule has 2 heterocycles. The van der Waals surface area contributed by atoms with Crippen molar-refractivity contribution in [1.29, 1.82) is 0 Å². The van der Waals surface area contributed by atoms with E-state index in [1.54, 1.807) is 11.3 Å². The van der Waals surface area contributed by atoms with E-state index in [0.717, 1.165) is 45.2 Å². The molecule has 1 saturated heterocycles. The second-order valence-electron chi connectivity index (χ2n) is 6.88. The van der Waals surface area contributed by atoms with Crippen LogP contribution in [0.1, 0.15) is 39.2 Å². The fourth-order valence-corrected chi connectivity index (χ4v) is 3.91. The highest BCUT2D eigenvalue weighted by Crippen LogP contribution is 2.17. The number of likely N-dealkylation sites (N-methyl/N-ethyl adjacent to an activating group) is 1. The van der Waals surface area contributed by atoms with Crippen LogP contribution in [0.3, 0.4) is 0 Å². The predicted molar refractivity (Wildman–Crippen MR) is 125 cm³/mol. The molecule has 7 heteroatoms. The summed E-state index contributed by atoms with van der Waals surface area (Å²) in [5.41, 5.74) is 1.40. The minimum Gasteiger partial charge on any atom is -0.357 e. The molecule has 1 aromatic heterocycles. The molecule has 0 spiro atoms. The Balaban J connectivity index is 0.00000338. The Morgan fingerprint density at radius 3 is 2.50 bits per heavy atom. The van der Waals surface area contributed by atoms with Gasteiger partial charge in [-0.1, -0.05) is 13.8 Å². The number of piperazine rings is 1. The van der Waals surface area contributed by atoms with Gasteiger partial charge in [0.2, 0.25) is 0 Å². The van der Waals surface area contributed by atoms with Crippen molar-refractivity contribution >= 4 is 41.3 Å². The van der Waals surface area contributed by atoms with Crippen LogP contribution < -0.4 is 10.6 Å². The zero-order valence-electron chi connectivity index (χ0n) is 16.7. The molecule has 1 aliphatic heterocycles. The number of nitrogens with one attached hydrogen (secondary N) is 2. The van der Waals surface area contributed by atoms with Crippen LogP contribution in [0.4, 0.5) is 0 Å². The molecular weight excluding hydrogens is 457 g/mol. The van der Waals surface area contributed by atoms with Crippen LogP contribution in [-0.2, 0) is 0 Å². The first-order valence-electron chi connectivity index (χ1n) is 9.64. The molecule has 2 unspecified atom stereocenters. The number of rotatable bonds is 8. The molecule has 0 bridgehead atoms. The van der Waals surface area contributed by atoms with Crippen LogP contribution in [0.2, 0.25) is 0 Å². The van der Waals surface area contributed by atoms with Crippen LogP contribution in [0, 0.1) is 0 Å². The number of guanidine groups is 1. The first kappa shape index (κ1) is 23.7. The molecule has 0 aliphatic carbocycles. The van der Waals surface area contributed by atoms with Gasteiger partial charge in [-0.25, -0.2) is 0 Å². The first-order valence-corrected chi connectivity index (χ1v) is 10.6. The summed E-state index contributed by atoms with van der Waals surface area (Å²) < 4.78 is 0. The van der Waals surface area contributed by atoms with E-state index in [1.165, 1.54) is 18.7 Å². The molecule has 5 nitrogen and oxygen atoms in total. The van der Waals surface area contributed by atoms with Gasteiger partial charge in [-0.3, -0.25) is 9.89 Å². The van der Waals surface area contributed by atoms with Crippen molar-refractivity contribution in [3.8, 4) is 0 Å². The Kier molecular flexibility index (Phi) is 11.7. The summed E-state index contributed by atoms with van der Waals surface area (Å²) in [4.78, 5) is 9.90. The normalized spacial score (nSPS) is 18.8. The lowest BCUT2D eigenvalue weighted by atomic mass is 10.1. The number of nitrogens with zero attached hydrogens (tertiary/aromatic N) is 3. The van der Waals surface area contributed by atoms with Crippen LogP contribution in [0.25, 0.3) is 0 Å². The highest BCUT2D eigenvalue weighted by molar-refractivity contribution is 14.0. The van der Waals surface area contributed by atoms with Gasteiger partial charge >= 0.3 is 0 Å². The molecule has 0 aromatic carbocycles. The average molecular weight is 494 g/mol. The summed E-state index contributed by atoms with van der Waals surface area (Å²) in [7, 11) is 0. The minimum absolute atomic E-state index is 0. The van der Waals surface area contributed by atoms with Crippen molar-refractivity contribution in [2.75, 3.05) is 52.4 Å². The first-order chi connectivity index (χ1) is 12.1. The molecule has 1 aromatic rings. The predicted octanol–water partition coefficient (Wildman–Crippen LogP) is 3.05. The summed E-state index contributed by atoms with van der Waals surface area (Å²) in [6.45, 7) is 17.4. The van der Waals surface area contributed by atoms with Gasteiger partial charge in [-0.2, -0.15) is 11.3 Å². The third-order valence-corrected chi connectivity index (χ3v) is 5.72. The summed E-state index contributed by atoms with van der Waals surface area (Å²) in [5.74, 6) is 1.43. The molecule has 1 fully saturated rings. The lowest BCUT2D eigenvalue weighted by molar-refractivity contribution is 0.109. The third kappa shape index (κ3) is 7.70. The van der Waals surface area contributed by atoms with Gasteiger partial charge in [0.15, 0.2) is 5.96 Å². The van der Waals surface area contributed by atoms with Crippen molar-refractivity contribution in [2.45, 2.75) is 39.7 Å². The maximum Gasteiger partial charge on any atom is 0.191 e. The van der Waals surface area contributed by atoms with E-state index >= 15 is 0 Å². The smallest absolute Gasteiger partial charge is 0.191 e. The topological polar surface area (TPSA) is 42.9 Å². The Morgan fingerprint density at radius 2 is 1.92 bits per heavy atom. The Morgan fingerprint density at radius 1 is 1.19 bits per heavy atom. The summed E-state index contributed by atoms with van der Waals surface area (Å²) in [6, 6.07) is 2.70. The molecule has 1 aliphatic rings. The molecule has 0 amide bonds. The van der Waals surface area contributed by atoms with Crippen molar-refractivity contribution < 1.29 is 0 Å². The SMILES string of the molecule is CCNC(=NCC(C)N1CCN(CC)CC1)NCC(C)c1ccsc1.I. The number of hydrogen-bond acceptors (Lipinski definition) is 4. The standard InChI is InChI=1S/C19H35N5S.HI/c1-5-20-19(21-13-16(3)18-7-12-25-15-18)22-14-17(4)24-10-8-23(6-2)9-11-24;/h7,12,15-17H,5-6,8-11,13-14H2,1-4H3,(H2,20,21,22);1H. The fraction of sp³-hybridized carbons (Fsp3) is 0.737. The van der Waals surface area contributed by atoms with Gasteiger partial charge in [0.25, 0.3) is 0 Å². The Bertz CT molecular complexity index is 500. The van der Waals surface area contributed by atoms with E-state index in [2.05, 4.69) is 65.0 Å². The molecule has 26 heavy (non-hydrogen) atoms. The van der Waals surface area contributed by atoms with Crippen molar-refractivity contribution in [1.82, 2.24) is 20.4 Å². The third-order valence-electron chi connectivity index (χ3n) is 5.02. The minimum atomic E-state index is 0. The molecule has 2 N–H and O–H groups in total. The van der Waals surface area contributed by atoms with Crippen molar-refractivity contribution in [3.63, 3.8) is 0 Å². The molecule has 150 valence electrons. The summed E-state index contributed by atoms with van der Waals surface area (Å²) in [6.07, 6.45) is 0. The van der Waals surface area contributed by atoms with Crippen molar-refractivity contribution in [3.05, 3.63) is 22.4 Å². The number of thiophene rings is 1. The van der Waals surface area contributed by atoms with E-state index in [-0.39, 0.29) is 24.0 Å². The van der Waals surface area contributed by atoms with Gasteiger partial charge in [0, 0.05) is 45.3 Å². The second kappa shape index (κ2) is 12.9. The number of hydrogen-bond donors (Lipinski definition) is 2. The van der Waals surface area contributed by atoms with E-state index < -0.39 is 0 Å². The lowest BCUT2D eigenvalue weighted by Gasteiger charge is -2.37. The van der Waals surface area contributed by atoms with Gasteiger partial charge in [0.05, 0.1) is 6.54 Å². The molecular formula is C19H36IN5S. The summed E-state index contributed by atoms with van der Waals surface area (Å²) >= 11 is 1.76. The fourth-order valence-electron chi connectivity index (χ4n) is 3.12. The zero-order valence-corrected chi connectivity index (χ0v) is 19.8. The van der Waals surface area contributed by atoms with Crippen LogP contribution in [-0.4, -0.2) is 74.2 Å². The average Bonchev–Trinajstić information content (AvgIpc) is 3.18. The Hall–Kier alpha value is -0.380. The number of aliphatic imine (C=N–C) groups is 1. The zero-order chi connectivity index (χ0) is 18.1. The van der Waals surface area contributed by atoms with E-state index in [1.807, 2.05) is 0 Å². The highest BCUT2D eigenvalue weighted by atomic mass is 127. The van der Waals surface area contributed by atoms with Gasteiger partial charge in [0.1, 0.15) is 0 Å². The Labute approximate surface area is 180 Å². The van der Waals surface area contributed by atoms with Gasteiger partial charge in [-0.15, -0.1) is 24.0 Å². The summed E-state index contributed by atoms with van der Waals surface area (Å²) in [5, 5.41) is 11.2. The van der Waals surface area contributed by atoms with Crippen LogP contribution in [0.5, 0.6) is 0 Å². The van der Waals surface area contributed by atoms with Gasteiger partial charge in [-0.05, 0) is 48.7 Å².